The molecule has 1 saturated carbocycles. The average Bonchev–Trinajstić information content (AvgIpc) is 2.81. The average molecular weight is 312 g/mol. The Morgan fingerprint density at radius 3 is 1.83 bits per heavy atom. The summed E-state index contributed by atoms with van der Waals surface area (Å²) in [6, 6.07) is 8.14. The standard InChI is InChI=1S/C18H25N5/c1-4-7-9-23-16-14(6-3)15(8-5-2)17(10-19,11-20)18(16,12-21)13-22/h14-16,23H,4-9H2,1-3H3/p+1/t14-,15-,16-/m0/s1. The van der Waals surface area contributed by atoms with E-state index in [9.17, 15) is 21.0 Å². The molecule has 3 atom stereocenters. The molecular weight excluding hydrogens is 286 g/mol. The highest BCUT2D eigenvalue weighted by molar-refractivity contribution is 5.41. The van der Waals surface area contributed by atoms with Crippen LogP contribution >= 0.6 is 0 Å². The molecule has 23 heavy (non-hydrogen) atoms. The van der Waals surface area contributed by atoms with E-state index in [1.165, 1.54) is 0 Å². The Hall–Kier alpha value is -2.08. The lowest BCUT2D eigenvalue weighted by atomic mass is 9.63. The fraction of sp³-hybridized carbons (Fsp3) is 0.778. The molecular formula is C18H26N5+. The summed E-state index contributed by atoms with van der Waals surface area (Å²) >= 11 is 0. The van der Waals surface area contributed by atoms with E-state index in [-0.39, 0.29) is 17.9 Å². The number of nitrogens with zero attached hydrogens (tertiary/aromatic N) is 4. The minimum Gasteiger partial charge on any atom is -0.341 e. The van der Waals surface area contributed by atoms with E-state index in [4.69, 9.17) is 0 Å². The molecule has 1 aliphatic rings. The lowest BCUT2D eigenvalue weighted by molar-refractivity contribution is -0.702. The number of hydrogen-bond donors (Lipinski definition) is 1. The summed E-state index contributed by atoms with van der Waals surface area (Å²) < 4.78 is 0. The molecule has 0 aromatic heterocycles. The van der Waals surface area contributed by atoms with Crippen molar-refractivity contribution in [3.8, 4) is 24.3 Å². The zero-order valence-electron chi connectivity index (χ0n) is 14.3. The molecule has 0 aliphatic heterocycles. The largest absolute Gasteiger partial charge is 0.341 e. The zero-order valence-corrected chi connectivity index (χ0v) is 14.3. The van der Waals surface area contributed by atoms with Gasteiger partial charge < -0.3 is 5.32 Å². The summed E-state index contributed by atoms with van der Waals surface area (Å²) in [5.41, 5.74) is -3.11. The highest BCUT2D eigenvalue weighted by Crippen LogP contribution is 2.59. The van der Waals surface area contributed by atoms with Gasteiger partial charge in [-0.3, -0.25) is 0 Å². The first-order valence-corrected chi connectivity index (χ1v) is 8.57. The maximum Gasteiger partial charge on any atom is 0.226 e. The number of unbranched alkanes of at least 4 members (excludes halogenated alkanes) is 1. The van der Waals surface area contributed by atoms with Crippen molar-refractivity contribution in [1.82, 2.24) is 0 Å². The second-order valence-corrected chi connectivity index (χ2v) is 6.43. The molecule has 2 N–H and O–H groups in total. The number of hydrogen-bond acceptors (Lipinski definition) is 4. The second-order valence-electron chi connectivity index (χ2n) is 6.43. The minimum absolute atomic E-state index is 0.0328. The van der Waals surface area contributed by atoms with Crippen molar-refractivity contribution in [3.63, 3.8) is 0 Å². The molecule has 0 unspecified atom stereocenters. The van der Waals surface area contributed by atoms with Crippen molar-refractivity contribution in [3.05, 3.63) is 0 Å². The van der Waals surface area contributed by atoms with Crippen LogP contribution in [0.15, 0.2) is 0 Å². The van der Waals surface area contributed by atoms with E-state index >= 15 is 0 Å². The fourth-order valence-corrected chi connectivity index (χ4v) is 4.30. The summed E-state index contributed by atoms with van der Waals surface area (Å²) in [7, 11) is 0. The Balaban J connectivity index is 3.49. The van der Waals surface area contributed by atoms with Crippen LogP contribution in [0.2, 0.25) is 0 Å². The summed E-state index contributed by atoms with van der Waals surface area (Å²) in [4.78, 5) is 0. The maximum absolute atomic E-state index is 9.85. The predicted octanol–water partition coefficient (Wildman–Crippen LogP) is 2.24. The Kier molecular flexibility index (Phi) is 6.57. The van der Waals surface area contributed by atoms with Gasteiger partial charge in [-0.05, 0) is 19.3 Å². The molecule has 0 spiro atoms. The Bertz CT molecular complexity index is 540. The van der Waals surface area contributed by atoms with Gasteiger partial charge in [0.1, 0.15) is 6.04 Å². The van der Waals surface area contributed by atoms with Crippen LogP contribution in [0.25, 0.3) is 0 Å². The number of nitrogens with two attached hydrogens (primary N) is 1. The van der Waals surface area contributed by atoms with E-state index < -0.39 is 10.8 Å². The van der Waals surface area contributed by atoms with Gasteiger partial charge in [0.2, 0.25) is 5.41 Å². The van der Waals surface area contributed by atoms with Crippen molar-refractivity contribution in [2.75, 3.05) is 6.54 Å². The van der Waals surface area contributed by atoms with Crippen LogP contribution in [-0.4, -0.2) is 12.6 Å². The predicted molar refractivity (Wildman–Crippen MR) is 85.0 cm³/mol. The summed E-state index contributed by atoms with van der Waals surface area (Å²) in [5, 5.41) is 41.4. The fourth-order valence-electron chi connectivity index (χ4n) is 4.30. The van der Waals surface area contributed by atoms with Crippen molar-refractivity contribution in [2.45, 2.75) is 58.9 Å². The quantitative estimate of drug-likeness (QED) is 0.726. The normalized spacial score (nSPS) is 27.3. The van der Waals surface area contributed by atoms with Gasteiger partial charge in [-0.1, -0.05) is 33.6 Å². The first-order valence-electron chi connectivity index (χ1n) is 8.57. The van der Waals surface area contributed by atoms with E-state index in [2.05, 4.69) is 31.2 Å². The third kappa shape index (κ3) is 2.67. The zero-order chi connectivity index (χ0) is 17.5. The van der Waals surface area contributed by atoms with E-state index in [1.54, 1.807) is 0 Å². The van der Waals surface area contributed by atoms with E-state index in [1.807, 2.05) is 19.2 Å². The van der Waals surface area contributed by atoms with Crippen LogP contribution < -0.4 is 5.32 Å². The second kappa shape index (κ2) is 7.97. The molecule has 0 heterocycles. The van der Waals surface area contributed by atoms with Gasteiger partial charge in [-0.15, -0.1) is 0 Å². The molecule has 5 heteroatoms. The third-order valence-corrected chi connectivity index (χ3v) is 5.41. The molecule has 0 aromatic rings. The summed E-state index contributed by atoms with van der Waals surface area (Å²) in [6.07, 6.45) is 4.33. The van der Waals surface area contributed by atoms with Gasteiger partial charge in [0.05, 0.1) is 30.8 Å². The Morgan fingerprint density at radius 2 is 1.43 bits per heavy atom. The maximum atomic E-state index is 9.85. The van der Waals surface area contributed by atoms with Crippen molar-refractivity contribution in [1.29, 1.82) is 21.0 Å². The molecule has 5 nitrogen and oxygen atoms in total. The van der Waals surface area contributed by atoms with Crippen molar-refractivity contribution < 1.29 is 5.32 Å². The van der Waals surface area contributed by atoms with Crippen LogP contribution in [-0.2, 0) is 0 Å². The highest BCUT2D eigenvalue weighted by atomic mass is 15.0. The molecule has 0 amide bonds. The number of nitriles is 4. The molecule has 0 saturated heterocycles. The topological polar surface area (TPSA) is 112 Å². The van der Waals surface area contributed by atoms with Crippen LogP contribution in [0.1, 0.15) is 52.9 Å². The van der Waals surface area contributed by atoms with Crippen molar-refractivity contribution in [2.24, 2.45) is 22.7 Å². The van der Waals surface area contributed by atoms with Gasteiger partial charge in [0, 0.05) is 11.8 Å². The molecule has 0 aromatic carbocycles. The SMILES string of the molecule is CCCC[NH2+][C@H]1[C@@H](CC)[C@H](CCC)C(C#N)(C#N)C1(C#N)C#N. The molecule has 1 aliphatic carbocycles. The summed E-state index contributed by atoms with van der Waals surface area (Å²) in [6.45, 7) is 6.95. The molecule has 1 rings (SSSR count). The molecule has 1 fully saturated rings. The molecule has 0 radical (unpaired) electrons. The number of quaternary nitrogens is 1. The van der Waals surface area contributed by atoms with Gasteiger partial charge in [-0.25, -0.2) is 0 Å². The first kappa shape index (κ1) is 19.0. The monoisotopic (exact) mass is 312 g/mol. The van der Waals surface area contributed by atoms with Gasteiger partial charge in [0.15, 0.2) is 5.41 Å². The Labute approximate surface area is 139 Å². The van der Waals surface area contributed by atoms with Crippen LogP contribution in [0, 0.1) is 68.0 Å². The van der Waals surface area contributed by atoms with Gasteiger partial charge in [-0.2, -0.15) is 21.0 Å². The minimum atomic E-state index is -1.56. The number of rotatable bonds is 7. The van der Waals surface area contributed by atoms with Gasteiger partial charge in [0.25, 0.3) is 0 Å². The van der Waals surface area contributed by atoms with Crippen LogP contribution in [0.5, 0.6) is 0 Å². The van der Waals surface area contributed by atoms with Crippen molar-refractivity contribution >= 4 is 0 Å². The molecule has 122 valence electrons. The first-order chi connectivity index (χ1) is 11.1. The Morgan fingerprint density at radius 1 is 0.870 bits per heavy atom. The van der Waals surface area contributed by atoms with Crippen LogP contribution in [0.4, 0.5) is 0 Å². The van der Waals surface area contributed by atoms with E-state index in [0.29, 0.717) is 6.42 Å². The van der Waals surface area contributed by atoms with Gasteiger partial charge >= 0.3 is 0 Å². The summed E-state index contributed by atoms with van der Waals surface area (Å²) in [5.74, 6) is -0.194. The molecule has 0 bridgehead atoms. The highest BCUT2D eigenvalue weighted by Gasteiger charge is 2.73. The van der Waals surface area contributed by atoms with Crippen LogP contribution in [0.3, 0.4) is 0 Å². The third-order valence-electron chi connectivity index (χ3n) is 5.41. The lowest BCUT2D eigenvalue weighted by Crippen LogP contribution is -2.94. The van der Waals surface area contributed by atoms with E-state index in [0.717, 1.165) is 32.2 Å². The smallest absolute Gasteiger partial charge is 0.226 e. The lowest BCUT2D eigenvalue weighted by Gasteiger charge is -2.29.